The topological polar surface area (TPSA) is 33.1 Å². The summed E-state index contributed by atoms with van der Waals surface area (Å²) in [6, 6.07) is 0.639. The smallest absolute Gasteiger partial charge is 0.203 e. The Bertz CT molecular complexity index is 337. The van der Waals surface area contributed by atoms with Crippen molar-refractivity contribution in [3.63, 3.8) is 0 Å². The lowest BCUT2D eigenvalue weighted by Crippen LogP contribution is -2.27. The van der Waals surface area contributed by atoms with Gasteiger partial charge in [0.05, 0.1) is 0 Å². The van der Waals surface area contributed by atoms with E-state index in [-0.39, 0.29) is 0 Å². The molecule has 0 spiro atoms. The van der Waals surface area contributed by atoms with Crippen molar-refractivity contribution >= 4 is 5.95 Å². The second kappa shape index (κ2) is 6.78. The van der Waals surface area contributed by atoms with Crippen molar-refractivity contribution in [1.29, 1.82) is 0 Å². The van der Waals surface area contributed by atoms with Crippen LogP contribution in [0.1, 0.15) is 39.5 Å². The van der Waals surface area contributed by atoms with Gasteiger partial charge < -0.3 is 14.8 Å². The van der Waals surface area contributed by atoms with E-state index in [0.29, 0.717) is 6.04 Å². The maximum Gasteiger partial charge on any atom is 0.203 e. The molecule has 4 heteroatoms. The standard InChI is InChI=1S/C14H26N4/c1-3-17(4-2)11-12-18-10-9-15-14(18)16-13-7-5-6-8-13/h9-10,13H,3-8,11-12H2,1-2H3,(H,15,16). The molecule has 1 heterocycles. The van der Waals surface area contributed by atoms with Crippen molar-refractivity contribution in [2.45, 2.75) is 52.1 Å². The lowest BCUT2D eigenvalue weighted by molar-refractivity contribution is 0.291. The van der Waals surface area contributed by atoms with Crippen LogP contribution in [0.25, 0.3) is 0 Å². The summed E-state index contributed by atoms with van der Waals surface area (Å²) in [7, 11) is 0. The van der Waals surface area contributed by atoms with Crippen LogP contribution >= 0.6 is 0 Å². The summed E-state index contributed by atoms with van der Waals surface area (Å²) in [4.78, 5) is 6.89. The van der Waals surface area contributed by atoms with E-state index < -0.39 is 0 Å². The summed E-state index contributed by atoms with van der Waals surface area (Å²) in [5.74, 6) is 1.05. The predicted octanol–water partition coefficient (Wildman–Crippen LogP) is 2.58. The van der Waals surface area contributed by atoms with Crippen LogP contribution in [0.15, 0.2) is 12.4 Å². The number of hydrogen-bond donors (Lipinski definition) is 1. The molecular weight excluding hydrogens is 224 g/mol. The van der Waals surface area contributed by atoms with Crippen molar-refractivity contribution in [2.75, 3.05) is 25.0 Å². The van der Waals surface area contributed by atoms with Crippen LogP contribution in [-0.4, -0.2) is 40.1 Å². The zero-order valence-electron chi connectivity index (χ0n) is 11.7. The highest BCUT2D eigenvalue weighted by atomic mass is 15.2. The number of anilines is 1. The molecule has 1 aliphatic carbocycles. The van der Waals surface area contributed by atoms with E-state index in [9.17, 15) is 0 Å². The Balaban J connectivity index is 1.86. The summed E-state index contributed by atoms with van der Waals surface area (Å²) in [6.07, 6.45) is 9.29. The number of nitrogens with one attached hydrogen (secondary N) is 1. The second-order valence-corrected chi connectivity index (χ2v) is 5.10. The maximum atomic E-state index is 4.44. The van der Waals surface area contributed by atoms with Crippen LogP contribution in [0.2, 0.25) is 0 Å². The SMILES string of the molecule is CCN(CC)CCn1ccnc1NC1CCCC1. The molecule has 1 fully saturated rings. The molecule has 102 valence electrons. The first kappa shape index (κ1) is 13.4. The van der Waals surface area contributed by atoms with Gasteiger partial charge in [-0.25, -0.2) is 4.98 Å². The molecule has 1 aromatic heterocycles. The molecule has 4 nitrogen and oxygen atoms in total. The van der Waals surface area contributed by atoms with Gasteiger partial charge in [0.15, 0.2) is 0 Å². The Labute approximate surface area is 110 Å². The third-order valence-corrected chi connectivity index (χ3v) is 3.96. The maximum absolute atomic E-state index is 4.44. The summed E-state index contributed by atoms with van der Waals surface area (Å²) in [5, 5.41) is 3.58. The van der Waals surface area contributed by atoms with E-state index in [1.807, 2.05) is 6.20 Å². The summed E-state index contributed by atoms with van der Waals surface area (Å²) in [5.41, 5.74) is 0. The van der Waals surface area contributed by atoms with Crippen LogP contribution in [0, 0.1) is 0 Å². The van der Waals surface area contributed by atoms with Gasteiger partial charge in [-0.1, -0.05) is 26.7 Å². The first-order valence-electron chi connectivity index (χ1n) is 7.33. The van der Waals surface area contributed by atoms with Gasteiger partial charge >= 0.3 is 0 Å². The van der Waals surface area contributed by atoms with E-state index in [1.54, 1.807) is 0 Å². The molecule has 1 aliphatic rings. The molecule has 0 saturated heterocycles. The molecule has 2 rings (SSSR count). The molecule has 1 aromatic rings. The Morgan fingerprint density at radius 2 is 2.06 bits per heavy atom. The van der Waals surface area contributed by atoms with Crippen molar-refractivity contribution < 1.29 is 0 Å². The molecule has 0 unspecified atom stereocenters. The average Bonchev–Trinajstić information content (AvgIpc) is 3.03. The average molecular weight is 250 g/mol. The number of aromatic nitrogens is 2. The first-order chi connectivity index (χ1) is 8.83. The van der Waals surface area contributed by atoms with Crippen LogP contribution in [-0.2, 0) is 6.54 Å². The van der Waals surface area contributed by atoms with E-state index in [4.69, 9.17) is 0 Å². The van der Waals surface area contributed by atoms with E-state index in [0.717, 1.165) is 32.1 Å². The Morgan fingerprint density at radius 3 is 2.72 bits per heavy atom. The summed E-state index contributed by atoms with van der Waals surface area (Å²) < 4.78 is 2.25. The van der Waals surface area contributed by atoms with Gasteiger partial charge in [0.2, 0.25) is 5.95 Å². The molecule has 18 heavy (non-hydrogen) atoms. The fraction of sp³-hybridized carbons (Fsp3) is 0.786. The highest BCUT2D eigenvalue weighted by molar-refractivity contribution is 5.27. The Hall–Kier alpha value is -1.03. The number of hydrogen-bond acceptors (Lipinski definition) is 3. The quantitative estimate of drug-likeness (QED) is 0.807. The van der Waals surface area contributed by atoms with Crippen LogP contribution < -0.4 is 5.32 Å². The van der Waals surface area contributed by atoms with Crippen molar-refractivity contribution in [1.82, 2.24) is 14.5 Å². The molecule has 1 saturated carbocycles. The van der Waals surface area contributed by atoms with Gasteiger partial charge in [-0.2, -0.15) is 0 Å². The Kier molecular flexibility index (Phi) is 5.05. The minimum absolute atomic E-state index is 0.639. The van der Waals surface area contributed by atoms with Gasteiger partial charge in [-0.15, -0.1) is 0 Å². The van der Waals surface area contributed by atoms with Crippen molar-refractivity contribution in [3.8, 4) is 0 Å². The number of nitrogens with zero attached hydrogens (tertiary/aromatic N) is 3. The van der Waals surface area contributed by atoms with E-state index in [2.05, 4.69) is 39.8 Å². The minimum Gasteiger partial charge on any atom is -0.353 e. The highest BCUT2D eigenvalue weighted by Gasteiger charge is 2.16. The second-order valence-electron chi connectivity index (χ2n) is 5.10. The molecule has 1 N–H and O–H groups in total. The van der Waals surface area contributed by atoms with Crippen LogP contribution in [0.5, 0.6) is 0 Å². The number of imidazole rings is 1. The molecule has 0 radical (unpaired) electrons. The molecule has 0 aromatic carbocycles. The third kappa shape index (κ3) is 3.48. The first-order valence-corrected chi connectivity index (χ1v) is 7.33. The molecule has 0 atom stereocenters. The third-order valence-electron chi connectivity index (χ3n) is 3.96. The normalized spacial score (nSPS) is 16.6. The molecular formula is C14H26N4. The lowest BCUT2D eigenvalue weighted by atomic mass is 10.2. The van der Waals surface area contributed by atoms with Crippen molar-refractivity contribution in [3.05, 3.63) is 12.4 Å². The van der Waals surface area contributed by atoms with Gasteiger partial charge in [0.1, 0.15) is 0 Å². The predicted molar refractivity (Wildman–Crippen MR) is 75.9 cm³/mol. The van der Waals surface area contributed by atoms with Gasteiger partial charge in [-0.05, 0) is 25.9 Å². The largest absolute Gasteiger partial charge is 0.353 e. The summed E-state index contributed by atoms with van der Waals surface area (Å²) >= 11 is 0. The van der Waals surface area contributed by atoms with Gasteiger partial charge in [0.25, 0.3) is 0 Å². The number of rotatable bonds is 7. The zero-order valence-corrected chi connectivity index (χ0v) is 11.7. The van der Waals surface area contributed by atoms with Gasteiger partial charge in [0, 0.05) is 31.5 Å². The van der Waals surface area contributed by atoms with Gasteiger partial charge in [-0.3, -0.25) is 0 Å². The molecule has 0 aliphatic heterocycles. The van der Waals surface area contributed by atoms with E-state index in [1.165, 1.54) is 25.7 Å². The molecule has 0 bridgehead atoms. The minimum atomic E-state index is 0.639. The van der Waals surface area contributed by atoms with Crippen molar-refractivity contribution in [2.24, 2.45) is 0 Å². The number of likely N-dealkylation sites (N-methyl/N-ethyl adjacent to an activating group) is 1. The zero-order chi connectivity index (χ0) is 12.8. The van der Waals surface area contributed by atoms with Crippen LogP contribution in [0.3, 0.4) is 0 Å². The van der Waals surface area contributed by atoms with E-state index >= 15 is 0 Å². The Morgan fingerprint density at radius 1 is 1.33 bits per heavy atom. The van der Waals surface area contributed by atoms with Crippen LogP contribution in [0.4, 0.5) is 5.95 Å². The monoisotopic (exact) mass is 250 g/mol. The summed E-state index contributed by atoms with van der Waals surface area (Å²) in [6.45, 7) is 8.80. The molecule has 0 amide bonds. The fourth-order valence-corrected chi connectivity index (χ4v) is 2.67. The fourth-order valence-electron chi connectivity index (χ4n) is 2.67. The highest BCUT2D eigenvalue weighted by Crippen LogP contribution is 2.21. The lowest BCUT2D eigenvalue weighted by Gasteiger charge is -2.20.